The Morgan fingerprint density at radius 3 is 2.15 bits per heavy atom. The first-order valence-corrected chi connectivity index (χ1v) is 10.6. The van der Waals surface area contributed by atoms with Crippen molar-refractivity contribution in [2.75, 3.05) is 0 Å². The van der Waals surface area contributed by atoms with Crippen LogP contribution >= 0.6 is 0 Å². The van der Waals surface area contributed by atoms with E-state index in [0.717, 1.165) is 11.1 Å². The number of carbonyl (C=O) groups excluding carboxylic acids is 3. The molecule has 1 aliphatic heterocycles. The molecule has 0 saturated heterocycles. The van der Waals surface area contributed by atoms with Crippen LogP contribution in [0.15, 0.2) is 36.4 Å². The Bertz CT molecular complexity index is 899. The molecule has 10 heteroatoms. The van der Waals surface area contributed by atoms with Crippen LogP contribution in [0.2, 0.25) is 0 Å². The molecule has 3 N–H and O–H groups in total. The van der Waals surface area contributed by atoms with Crippen molar-refractivity contribution in [1.82, 2.24) is 10.2 Å². The maximum absolute atomic E-state index is 12.7. The number of halogens is 3. The van der Waals surface area contributed by atoms with E-state index < -0.39 is 29.8 Å². The molecule has 182 valence electrons. The molecule has 33 heavy (non-hydrogen) atoms. The van der Waals surface area contributed by atoms with Crippen LogP contribution in [0.4, 0.5) is 13.2 Å². The van der Waals surface area contributed by atoms with Gasteiger partial charge in [-0.25, -0.2) is 4.79 Å². The van der Waals surface area contributed by atoms with Gasteiger partial charge in [0.2, 0.25) is 11.6 Å². The Labute approximate surface area is 191 Å². The number of nitrogens with one attached hydrogen (secondary N) is 1. The number of alkyl halides is 3. The van der Waals surface area contributed by atoms with E-state index in [4.69, 9.17) is 5.73 Å². The van der Waals surface area contributed by atoms with Crippen molar-refractivity contribution in [3.63, 3.8) is 0 Å². The number of fused-ring (bicyclic) bond motifs is 1. The van der Waals surface area contributed by atoms with E-state index in [1.165, 1.54) is 19.1 Å². The quantitative estimate of drug-likeness (QED) is 0.363. The van der Waals surface area contributed by atoms with E-state index >= 15 is 0 Å². The second kappa shape index (κ2) is 9.94. The highest BCUT2D eigenvalue weighted by molar-refractivity contribution is 5.90. The lowest BCUT2D eigenvalue weighted by Gasteiger charge is -2.31. The molecule has 0 bridgehead atoms. The van der Waals surface area contributed by atoms with Crippen molar-refractivity contribution >= 4 is 17.8 Å². The number of nitrogens with zero attached hydrogens (tertiary/aromatic N) is 1. The molecule has 7 nitrogen and oxygen atoms in total. The topological polar surface area (TPSA) is 102 Å². The molecule has 0 fully saturated rings. The van der Waals surface area contributed by atoms with Crippen LogP contribution in [0.1, 0.15) is 51.7 Å². The average molecular weight is 470 g/mol. The van der Waals surface area contributed by atoms with Gasteiger partial charge in [-0.05, 0) is 23.0 Å². The van der Waals surface area contributed by atoms with Gasteiger partial charge in [0, 0.05) is 31.6 Å². The fourth-order valence-electron chi connectivity index (χ4n) is 3.41. The van der Waals surface area contributed by atoms with Crippen molar-refractivity contribution in [3.05, 3.63) is 47.5 Å². The van der Waals surface area contributed by atoms with E-state index in [1.54, 1.807) is 4.90 Å². The van der Waals surface area contributed by atoms with Crippen LogP contribution in [0.25, 0.3) is 0 Å². The fourth-order valence-corrected chi connectivity index (χ4v) is 3.41. The summed E-state index contributed by atoms with van der Waals surface area (Å²) in [6.07, 6.45) is -2.50. The predicted octanol–water partition coefficient (Wildman–Crippen LogP) is 3.18. The van der Waals surface area contributed by atoms with Crippen molar-refractivity contribution < 1.29 is 32.3 Å². The molecular formula is C23H30F3N3O4. The summed E-state index contributed by atoms with van der Waals surface area (Å²) in [7, 11) is 0. The van der Waals surface area contributed by atoms with Gasteiger partial charge in [-0.1, -0.05) is 58.0 Å². The summed E-state index contributed by atoms with van der Waals surface area (Å²) in [5, 5.41) is 2.52. The molecule has 0 saturated carbocycles. The summed E-state index contributed by atoms with van der Waals surface area (Å²) in [6.45, 7) is 7.95. The Morgan fingerprint density at radius 2 is 1.70 bits per heavy atom. The number of carbonyl (C=O) groups is 3. The molecule has 2 rings (SSSR count). The third-order valence-electron chi connectivity index (χ3n) is 5.19. The summed E-state index contributed by atoms with van der Waals surface area (Å²) in [4.78, 5) is 38.3. The van der Waals surface area contributed by atoms with Gasteiger partial charge in [0.25, 0.3) is 5.91 Å². The van der Waals surface area contributed by atoms with Gasteiger partial charge in [-0.3, -0.25) is 15.3 Å². The molecule has 1 aromatic rings. The smallest absolute Gasteiger partial charge is 0.428 e. The third-order valence-corrected chi connectivity index (χ3v) is 5.19. The van der Waals surface area contributed by atoms with E-state index in [1.807, 2.05) is 45.0 Å². The summed E-state index contributed by atoms with van der Waals surface area (Å²) in [6, 6.07) is 6.96. The van der Waals surface area contributed by atoms with Crippen molar-refractivity contribution in [2.45, 2.75) is 71.6 Å². The standard InChI is InChI=1S/C23H30F3N3O4/c1-5-22(27,33-20(32)23(24,25)26)19(31)28-17(12-21(2,3)4)10-11-18(30)29-13-15-8-6-7-9-16(15)14-29/h6-11,17H,5,12-14,27H2,1-4H3,(H,28,31)/b11-10+/t17-,22+/m1/s1. The first-order chi connectivity index (χ1) is 15.1. The second-order valence-electron chi connectivity index (χ2n) is 9.30. The van der Waals surface area contributed by atoms with Gasteiger partial charge in [-0.2, -0.15) is 13.2 Å². The third kappa shape index (κ3) is 7.31. The summed E-state index contributed by atoms with van der Waals surface area (Å²) >= 11 is 0. The minimum atomic E-state index is -5.29. The van der Waals surface area contributed by atoms with Gasteiger partial charge < -0.3 is 15.0 Å². The Morgan fingerprint density at radius 1 is 1.15 bits per heavy atom. The van der Waals surface area contributed by atoms with Crippen LogP contribution < -0.4 is 11.1 Å². The molecule has 2 atom stereocenters. The number of benzene rings is 1. The molecule has 0 radical (unpaired) electrons. The van der Waals surface area contributed by atoms with Crippen LogP contribution in [-0.2, 0) is 32.2 Å². The summed E-state index contributed by atoms with van der Waals surface area (Å²) in [5.41, 5.74) is 5.01. The lowest BCUT2D eigenvalue weighted by molar-refractivity contribution is -0.214. The van der Waals surface area contributed by atoms with E-state index in [0.29, 0.717) is 19.5 Å². The van der Waals surface area contributed by atoms with E-state index in [9.17, 15) is 27.6 Å². The van der Waals surface area contributed by atoms with Crippen LogP contribution in [0, 0.1) is 5.41 Å². The molecule has 0 spiro atoms. The first kappa shape index (κ1) is 26.4. The monoisotopic (exact) mass is 469 g/mol. The fraction of sp³-hybridized carbons (Fsp3) is 0.522. The number of nitrogens with two attached hydrogens (primary N) is 1. The molecule has 0 unspecified atom stereocenters. The number of hydrogen-bond donors (Lipinski definition) is 2. The molecule has 0 aromatic heterocycles. The van der Waals surface area contributed by atoms with Crippen molar-refractivity contribution in [3.8, 4) is 0 Å². The van der Waals surface area contributed by atoms with Crippen LogP contribution in [0.3, 0.4) is 0 Å². The molecular weight excluding hydrogens is 439 g/mol. The maximum atomic E-state index is 12.7. The van der Waals surface area contributed by atoms with Crippen LogP contribution in [-0.4, -0.2) is 40.6 Å². The van der Waals surface area contributed by atoms with Gasteiger partial charge in [0.1, 0.15) is 0 Å². The first-order valence-electron chi connectivity index (χ1n) is 10.6. The SMILES string of the molecule is CC[C@](N)(OC(=O)C(F)(F)F)C(=O)N[C@H](/C=C/C(=O)N1Cc2ccccc2C1)CC(C)(C)C. The van der Waals surface area contributed by atoms with Crippen molar-refractivity contribution in [1.29, 1.82) is 0 Å². The average Bonchev–Trinajstić information content (AvgIpc) is 3.14. The molecule has 1 aliphatic rings. The van der Waals surface area contributed by atoms with Gasteiger partial charge in [0.05, 0.1) is 0 Å². The number of rotatable bonds is 7. The zero-order chi connectivity index (χ0) is 25.0. The zero-order valence-electron chi connectivity index (χ0n) is 19.2. The summed E-state index contributed by atoms with van der Waals surface area (Å²) in [5.74, 6) is -3.89. The number of hydrogen-bond acceptors (Lipinski definition) is 5. The number of ether oxygens (including phenoxy) is 1. The lowest BCUT2D eigenvalue weighted by Crippen LogP contribution is -2.59. The van der Waals surface area contributed by atoms with E-state index in [-0.39, 0.29) is 17.7 Å². The molecule has 1 heterocycles. The Kier molecular flexibility index (Phi) is 7.95. The predicted molar refractivity (Wildman–Crippen MR) is 115 cm³/mol. The second-order valence-corrected chi connectivity index (χ2v) is 9.30. The molecule has 0 aliphatic carbocycles. The summed E-state index contributed by atoms with van der Waals surface area (Å²) < 4.78 is 42.1. The Hall–Kier alpha value is -2.88. The van der Waals surface area contributed by atoms with Crippen molar-refractivity contribution in [2.24, 2.45) is 11.1 Å². The van der Waals surface area contributed by atoms with Crippen LogP contribution in [0.5, 0.6) is 0 Å². The zero-order valence-corrected chi connectivity index (χ0v) is 19.2. The molecule has 2 amide bonds. The normalized spacial score (nSPS) is 16.8. The lowest BCUT2D eigenvalue weighted by atomic mass is 9.87. The van der Waals surface area contributed by atoms with Gasteiger partial charge in [-0.15, -0.1) is 0 Å². The minimum absolute atomic E-state index is 0.266. The Balaban J connectivity index is 2.13. The van der Waals surface area contributed by atoms with Gasteiger partial charge >= 0.3 is 12.1 Å². The molecule has 1 aromatic carbocycles. The largest absolute Gasteiger partial charge is 0.491 e. The van der Waals surface area contributed by atoms with E-state index in [2.05, 4.69) is 10.1 Å². The van der Waals surface area contributed by atoms with Gasteiger partial charge in [0.15, 0.2) is 0 Å². The maximum Gasteiger partial charge on any atom is 0.491 e. The highest BCUT2D eigenvalue weighted by Crippen LogP contribution is 2.25. The minimum Gasteiger partial charge on any atom is -0.428 e. The highest BCUT2D eigenvalue weighted by atomic mass is 19.4. The number of esters is 1. The highest BCUT2D eigenvalue weighted by Gasteiger charge is 2.48. The number of amides is 2.